The van der Waals surface area contributed by atoms with Crippen LogP contribution in [0.5, 0.6) is 0 Å². The highest BCUT2D eigenvalue weighted by atomic mass is 127. The highest BCUT2D eigenvalue weighted by Gasteiger charge is 2.15. The molecule has 0 aromatic carbocycles. The van der Waals surface area contributed by atoms with Crippen LogP contribution in [-0.2, 0) is 10.0 Å². The molecule has 0 unspecified atom stereocenters. The zero-order valence-corrected chi connectivity index (χ0v) is 24.3. The smallest absolute Gasteiger partial charge is 0.211 e. The van der Waals surface area contributed by atoms with E-state index in [4.69, 9.17) is 0 Å². The van der Waals surface area contributed by atoms with Gasteiger partial charge in [-0.05, 0) is 18.6 Å². The van der Waals surface area contributed by atoms with Crippen molar-refractivity contribution in [3.8, 4) is 0 Å². The van der Waals surface area contributed by atoms with E-state index < -0.39 is 30.8 Å². The van der Waals surface area contributed by atoms with Crippen molar-refractivity contribution in [1.82, 2.24) is 4.72 Å². The zero-order valence-electron chi connectivity index (χ0n) is 19.1. The summed E-state index contributed by atoms with van der Waals surface area (Å²) in [6, 6.07) is 0. The van der Waals surface area contributed by atoms with E-state index in [1.807, 2.05) is 4.01 Å². The SMILES string of the molecule is CCCCCCCCCCCCCCCCCCCCNS(=O)(=O)C1=IC=CI=C1. The first-order valence-corrected chi connectivity index (χ1v) is 18.6. The molecule has 1 aliphatic heterocycles. The summed E-state index contributed by atoms with van der Waals surface area (Å²) in [4.78, 5) is 0. The van der Waals surface area contributed by atoms with Crippen molar-refractivity contribution in [2.45, 2.75) is 122 Å². The Bertz CT molecular complexity index is 600. The summed E-state index contributed by atoms with van der Waals surface area (Å²) < 4.78 is 34.1. The van der Waals surface area contributed by atoms with Crippen LogP contribution in [-0.4, -0.2) is 21.8 Å². The molecule has 3 nitrogen and oxygen atoms in total. The van der Waals surface area contributed by atoms with Crippen molar-refractivity contribution in [3.63, 3.8) is 0 Å². The molecule has 30 heavy (non-hydrogen) atoms. The van der Waals surface area contributed by atoms with Crippen molar-refractivity contribution in [2.75, 3.05) is 6.54 Å². The van der Waals surface area contributed by atoms with Crippen molar-refractivity contribution >= 4 is 58.3 Å². The molecule has 0 saturated heterocycles. The number of rotatable bonds is 21. The minimum atomic E-state index is -3.17. The fourth-order valence-corrected chi connectivity index (χ4v) is 12.7. The lowest BCUT2D eigenvalue weighted by molar-refractivity contribution is 0.524. The number of halogens is 2. The molecule has 0 aliphatic carbocycles. The third kappa shape index (κ3) is 16.5. The van der Waals surface area contributed by atoms with Crippen LogP contribution in [0.4, 0.5) is 0 Å². The molecule has 0 aromatic rings. The van der Waals surface area contributed by atoms with E-state index in [9.17, 15) is 8.42 Å². The largest absolute Gasteiger partial charge is 0.246 e. The first-order chi connectivity index (χ1) is 14.7. The summed E-state index contributed by atoms with van der Waals surface area (Å²) in [7, 11) is -3.17. The molecule has 0 spiro atoms. The molecule has 1 rings (SSSR count). The van der Waals surface area contributed by atoms with Crippen LogP contribution in [0.25, 0.3) is 0 Å². The summed E-state index contributed by atoms with van der Waals surface area (Å²) in [5, 5.41) is 0. The second-order valence-corrected chi connectivity index (χ2v) is 15.3. The van der Waals surface area contributed by atoms with E-state index >= 15 is 0 Å². The Hall–Kier alpha value is 0.850. The quantitative estimate of drug-likeness (QED) is 0.0991. The van der Waals surface area contributed by atoms with Gasteiger partial charge < -0.3 is 0 Å². The molecule has 0 aromatic heterocycles. The van der Waals surface area contributed by atoms with Gasteiger partial charge in [-0.3, -0.25) is 0 Å². The van der Waals surface area contributed by atoms with Crippen LogP contribution in [0, 0.1) is 0 Å². The fourth-order valence-electron chi connectivity index (χ4n) is 3.64. The van der Waals surface area contributed by atoms with Crippen molar-refractivity contribution in [3.05, 3.63) is 8.17 Å². The van der Waals surface area contributed by atoms with Crippen LogP contribution >= 0.6 is 41.5 Å². The second-order valence-electron chi connectivity index (χ2n) is 8.31. The summed E-state index contributed by atoms with van der Waals surface area (Å²) in [5.74, 6) is 0. The van der Waals surface area contributed by atoms with Gasteiger partial charge in [-0.15, -0.1) is 0 Å². The van der Waals surface area contributed by atoms with Gasteiger partial charge in [0.25, 0.3) is 0 Å². The van der Waals surface area contributed by atoms with Gasteiger partial charge in [-0.1, -0.05) is 158 Å². The van der Waals surface area contributed by atoms with Gasteiger partial charge in [-0.25, -0.2) is 13.1 Å². The van der Waals surface area contributed by atoms with Crippen molar-refractivity contribution in [1.29, 1.82) is 0 Å². The number of unbranched alkanes of at least 4 members (excludes halogenated alkanes) is 17. The van der Waals surface area contributed by atoms with Crippen molar-refractivity contribution in [2.24, 2.45) is 0 Å². The van der Waals surface area contributed by atoms with Gasteiger partial charge in [0.2, 0.25) is 10.0 Å². The summed E-state index contributed by atoms with van der Waals surface area (Å²) >= 11 is -0.601. The first-order valence-electron chi connectivity index (χ1n) is 12.3. The van der Waals surface area contributed by atoms with E-state index in [2.05, 4.69) is 19.8 Å². The van der Waals surface area contributed by atoms with Crippen LogP contribution in [0.1, 0.15) is 122 Å². The van der Waals surface area contributed by atoms with Crippen LogP contribution < -0.4 is 4.72 Å². The fraction of sp³-hybridized carbons (Fsp3) is 0.833. The van der Waals surface area contributed by atoms with Crippen molar-refractivity contribution < 1.29 is 8.42 Å². The summed E-state index contributed by atoms with van der Waals surface area (Å²) in [6.45, 7) is 2.89. The minimum absolute atomic E-state index is 0.169. The number of hydrogen-bond donors (Lipinski definition) is 1. The molecule has 1 N–H and O–H groups in total. The Morgan fingerprint density at radius 1 is 0.667 bits per heavy atom. The molecule has 1 aliphatic rings. The van der Waals surface area contributed by atoms with Crippen LogP contribution in [0.15, 0.2) is 8.17 Å². The maximum absolute atomic E-state index is 12.2. The van der Waals surface area contributed by atoms with Gasteiger partial charge in [0.1, 0.15) is 2.84 Å². The summed E-state index contributed by atoms with van der Waals surface area (Å²) in [6.07, 6.45) is 24.5. The Morgan fingerprint density at radius 2 is 1.10 bits per heavy atom. The molecule has 0 atom stereocenters. The predicted octanol–water partition coefficient (Wildman–Crippen LogP) is 8.31. The van der Waals surface area contributed by atoms with E-state index in [0.29, 0.717) is 9.39 Å². The molecule has 6 heteroatoms. The standard InChI is InChI=1S/C24H45I2NO2S/c1-2-3-4-5-6-7-8-9-10-11-12-13-14-15-16-17-18-19-22-27-30(28,29)24-23-25-20-21-26-24/h20-21,23,27H,2-19,22H2,1H3. The minimum Gasteiger partial charge on any atom is -0.211 e. The van der Waals surface area contributed by atoms with Gasteiger partial charge >= 0.3 is 0 Å². The number of hydrogen-bond acceptors (Lipinski definition) is 2. The average molecular weight is 666 g/mol. The van der Waals surface area contributed by atoms with E-state index in [1.165, 1.54) is 103 Å². The maximum Gasteiger partial charge on any atom is 0.246 e. The van der Waals surface area contributed by atoms with Gasteiger partial charge in [0.15, 0.2) is 0 Å². The monoisotopic (exact) mass is 665 g/mol. The molecule has 0 radical (unpaired) electrons. The third-order valence-corrected chi connectivity index (χ3v) is 15.5. The third-order valence-electron chi connectivity index (χ3n) is 5.52. The lowest BCUT2D eigenvalue weighted by atomic mass is 10.0. The Kier molecular flexibility index (Phi) is 19.7. The zero-order chi connectivity index (χ0) is 21.8. The Balaban J connectivity index is 1.78. The predicted molar refractivity (Wildman–Crippen MR) is 154 cm³/mol. The normalized spacial score (nSPS) is 14.2. The summed E-state index contributed by atoms with van der Waals surface area (Å²) in [5.41, 5.74) is 0. The molecular formula is C24H45I2NO2S. The maximum atomic E-state index is 12.2. The second kappa shape index (κ2) is 20.5. The van der Waals surface area contributed by atoms with Gasteiger partial charge in [0, 0.05) is 6.54 Å². The van der Waals surface area contributed by atoms with Crippen LogP contribution in [0.3, 0.4) is 0 Å². The lowest BCUT2D eigenvalue weighted by Gasteiger charge is -2.07. The molecule has 0 fully saturated rings. The van der Waals surface area contributed by atoms with Gasteiger partial charge in [-0.2, -0.15) is 0 Å². The topological polar surface area (TPSA) is 46.2 Å². The van der Waals surface area contributed by atoms with Gasteiger partial charge in [0.05, 0.1) is 0 Å². The highest BCUT2D eigenvalue weighted by Crippen LogP contribution is 2.17. The molecule has 0 saturated carbocycles. The molecule has 178 valence electrons. The average Bonchev–Trinajstić information content (AvgIpc) is 2.76. The molecule has 0 bridgehead atoms. The molecule has 1 heterocycles. The highest BCUT2D eigenvalue weighted by molar-refractivity contribution is 14.2. The Labute approximate surface area is 207 Å². The molecule has 0 amide bonds. The van der Waals surface area contributed by atoms with E-state index in [1.54, 1.807) is 0 Å². The first kappa shape index (κ1) is 28.9. The van der Waals surface area contributed by atoms with Crippen LogP contribution in [0.2, 0.25) is 0 Å². The lowest BCUT2D eigenvalue weighted by Crippen LogP contribution is -2.31. The number of sulfonamides is 1. The Morgan fingerprint density at radius 3 is 1.50 bits per heavy atom. The number of nitrogens with one attached hydrogen (secondary N) is 1. The molecular weight excluding hydrogens is 620 g/mol. The van der Waals surface area contributed by atoms with E-state index in [0.717, 1.165) is 12.8 Å². The van der Waals surface area contributed by atoms with E-state index in [-0.39, 0.29) is 20.7 Å².